The van der Waals surface area contributed by atoms with Gasteiger partial charge in [-0.2, -0.15) is 0 Å². The molecule has 0 saturated heterocycles. The van der Waals surface area contributed by atoms with E-state index < -0.39 is 5.91 Å². The van der Waals surface area contributed by atoms with E-state index >= 15 is 0 Å². The van der Waals surface area contributed by atoms with Gasteiger partial charge >= 0.3 is 0 Å². The van der Waals surface area contributed by atoms with Gasteiger partial charge in [0.05, 0.1) is 6.54 Å². The number of nitrogens with two attached hydrogens (primary N) is 1. The van der Waals surface area contributed by atoms with Crippen LogP contribution in [0.15, 0.2) is 12.2 Å². The zero-order valence-corrected chi connectivity index (χ0v) is 7.03. The molecule has 1 heterocycles. The molecular formula is C8H10N2O3. The van der Waals surface area contributed by atoms with Crippen LogP contribution in [0.2, 0.25) is 0 Å². The lowest BCUT2D eigenvalue weighted by atomic mass is 10.2. The Morgan fingerprint density at radius 3 is 2.77 bits per heavy atom. The summed E-state index contributed by atoms with van der Waals surface area (Å²) in [5.74, 6) is -0.861. The van der Waals surface area contributed by atoms with Crippen LogP contribution in [0, 0.1) is 0 Å². The normalized spacial score (nSPS) is 16.5. The standard InChI is InChI=1S/C8H10N2O3/c9-7(12)3-4-10-5-6(11)1-2-8(10)13/h1-2H,3-5H2,(H2,9,12). The van der Waals surface area contributed by atoms with E-state index in [1.54, 1.807) is 0 Å². The van der Waals surface area contributed by atoms with Gasteiger partial charge in [-0.25, -0.2) is 0 Å². The molecule has 5 heteroatoms. The van der Waals surface area contributed by atoms with Gasteiger partial charge in [0.15, 0.2) is 5.78 Å². The van der Waals surface area contributed by atoms with Crippen LogP contribution in [0.3, 0.4) is 0 Å². The molecule has 5 nitrogen and oxygen atoms in total. The SMILES string of the molecule is NC(=O)CCN1CC(=O)C=CC1=O. The molecule has 0 aromatic rings. The smallest absolute Gasteiger partial charge is 0.247 e. The average molecular weight is 182 g/mol. The molecule has 0 unspecified atom stereocenters. The lowest BCUT2D eigenvalue weighted by Gasteiger charge is -2.21. The van der Waals surface area contributed by atoms with Crippen molar-refractivity contribution in [1.82, 2.24) is 4.90 Å². The van der Waals surface area contributed by atoms with Gasteiger partial charge in [0.25, 0.3) is 0 Å². The average Bonchev–Trinajstić information content (AvgIpc) is 2.06. The Balaban J connectivity index is 2.50. The maximum Gasteiger partial charge on any atom is 0.247 e. The van der Waals surface area contributed by atoms with E-state index in [0.717, 1.165) is 0 Å². The minimum atomic E-state index is -0.477. The Hall–Kier alpha value is -1.65. The monoisotopic (exact) mass is 182 g/mol. The summed E-state index contributed by atoms with van der Waals surface area (Å²) >= 11 is 0. The van der Waals surface area contributed by atoms with Crippen LogP contribution in [0.5, 0.6) is 0 Å². The van der Waals surface area contributed by atoms with Crippen LogP contribution >= 0.6 is 0 Å². The van der Waals surface area contributed by atoms with Crippen molar-refractivity contribution in [3.8, 4) is 0 Å². The molecule has 1 aliphatic heterocycles. The van der Waals surface area contributed by atoms with E-state index in [4.69, 9.17) is 5.73 Å². The van der Waals surface area contributed by atoms with Crippen molar-refractivity contribution >= 4 is 17.6 Å². The van der Waals surface area contributed by atoms with Crippen molar-refractivity contribution in [1.29, 1.82) is 0 Å². The second-order valence-corrected chi connectivity index (χ2v) is 2.78. The van der Waals surface area contributed by atoms with Gasteiger partial charge in [-0.3, -0.25) is 14.4 Å². The molecule has 0 saturated carbocycles. The van der Waals surface area contributed by atoms with E-state index in [-0.39, 0.29) is 31.2 Å². The quantitative estimate of drug-likeness (QED) is 0.597. The minimum absolute atomic E-state index is 0.0443. The molecule has 0 aromatic carbocycles. The predicted octanol–water partition coefficient (Wildman–Crippen LogP) is -1.17. The fourth-order valence-electron chi connectivity index (χ4n) is 1.02. The van der Waals surface area contributed by atoms with Gasteiger partial charge in [-0.05, 0) is 6.08 Å². The fraction of sp³-hybridized carbons (Fsp3) is 0.375. The molecule has 2 amide bonds. The number of rotatable bonds is 3. The summed E-state index contributed by atoms with van der Waals surface area (Å²) in [6, 6.07) is 0. The second kappa shape index (κ2) is 3.84. The summed E-state index contributed by atoms with van der Waals surface area (Å²) in [5, 5.41) is 0. The molecule has 2 N–H and O–H groups in total. The summed E-state index contributed by atoms with van der Waals surface area (Å²) in [4.78, 5) is 33.7. The highest BCUT2D eigenvalue weighted by atomic mass is 16.2. The van der Waals surface area contributed by atoms with Crippen LogP contribution < -0.4 is 5.73 Å². The van der Waals surface area contributed by atoms with Crippen molar-refractivity contribution in [3.05, 3.63) is 12.2 Å². The van der Waals surface area contributed by atoms with Crippen LogP contribution in [-0.2, 0) is 14.4 Å². The van der Waals surface area contributed by atoms with Crippen molar-refractivity contribution in [2.24, 2.45) is 5.73 Å². The van der Waals surface area contributed by atoms with Crippen LogP contribution in [-0.4, -0.2) is 35.6 Å². The van der Waals surface area contributed by atoms with Gasteiger partial charge in [0.1, 0.15) is 0 Å². The Morgan fingerprint density at radius 2 is 2.15 bits per heavy atom. The lowest BCUT2D eigenvalue weighted by Crippen LogP contribution is -2.39. The maximum atomic E-state index is 11.1. The van der Waals surface area contributed by atoms with Crippen molar-refractivity contribution in [2.45, 2.75) is 6.42 Å². The summed E-state index contributed by atoms with van der Waals surface area (Å²) in [6.07, 6.45) is 2.53. The molecule has 1 rings (SSSR count). The van der Waals surface area contributed by atoms with Crippen molar-refractivity contribution in [3.63, 3.8) is 0 Å². The predicted molar refractivity (Wildman–Crippen MR) is 44.5 cm³/mol. The van der Waals surface area contributed by atoms with Crippen LogP contribution in [0.25, 0.3) is 0 Å². The Bertz CT molecular complexity index is 283. The van der Waals surface area contributed by atoms with Gasteiger partial charge in [0.2, 0.25) is 11.8 Å². The molecule has 1 aliphatic rings. The first-order chi connectivity index (χ1) is 6.09. The van der Waals surface area contributed by atoms with E-state index in [2.05, 4.69) is 0 Å². The first-order valence-electron chi connectivity index (χ1n) is 3.87. The van der Waals surface area contributed by atoms with Crippen LogP contribution in [0.1, 0.15) is 6.42 Å². The highest BCUT2D eigenvalue weighted by Gasteiger charge is 2.18. The van der Waals surface area contributed by atoms with Gasteiger partial charge in [-0.15, -0.1) is 0 Å². The number of carbonyl (C=O) groups excluding carboxylic acids is 3. The Kier molecular flexibility index (Phi) is 2.79. The third-order valence-electron chi connectivity index (χ3n) is 1.70. The number of carbonyl (C=O) groups is 3. The zero-order valence-electron chi connectivity index (χ0n) is 7.03. The Labute approximate surface area is 75.2 Å². The molecule has 70 valence electrons. The van der Waals surface area contributed by atoms with Gasteiger partial charge < -0.3 is 10.6 Å². The first kappa shape index (κ1) is 9.44. The highest BCUT2D eigenvalue weighted by molar-refractivity contribution is 6.04. The van der Waals surface area contributed by atoms with Crippen molar-refractivity contribution < 1.29 is 14.4 Å². The summed E-state index contributed by atoms with van der Waals surface area (Å²) < 4.78 is 0. The Morgan fingerprint density at radius 1 is 1.46 bits per heavy atom. The molecule has 0 atom stereocenters. The lowest BCUT2D eigenvalue weighted by molar-refractivity contribution is -0.132. The molecule has 0 bridgehead atoms. The third-order valence-corrected chi connectivity index (χ3v) is 1.70. The zero-order chi connectivity index (χ0) is 9.84. The molecule has 0 spiro atoms. The molecule has 0 aliphatic carbocycles. The maximum absolute atomic E-state index is 11.1. The number of nitrogens with zero attached hydrogens (tertiary/aromatic N) is 1. The molecule has 13 heavy (non-hydrogen) atoms. The number of amides is 2. The van der Waals surface area contributed by atoms with E-state index in [9.17, 15) is 14.4 Å². The summed E-state index contributed by atoms with van der Waals surface area (Å²) in [7, 11) is 0. The second-order valence-electron chi connectivity index (χ2n) is 2.78. The third kappa shape index (κ3) is 2.70. The van der Waals surface area contributed by atoms with Crippen molar-refractivity contribution in [2.75, 3.05) is 13.1 Å². The first-order valence-corrected chi connectivity index (χ1v) is 3.87. The molecule has 0 radical (unpaired) electrons. The summed E-state index contributed by atoms with van der Waals surface area (Å²) in [5.41, 5.74) is 4.91. The minimum Gasteiger partial charge on any atom is -0.370 e. The largest absolute Gasteiger partial charge is 0.370 e. The topological polar surface area (TPSA) is 80.5 Å². The van der Waals surface area contributed by atoms with E-state index in [0.29, 0.717) is 0 Å². The number of primary amides is 1. The van der Waals surface area contributed by atoms with Gasteiger partial charge in [0, 0.05) is 19.0 Å². The fourth-order valence-corrected chi connectivity index (χ4v) is 1.02. The van der Waals surface area contributed by atoms with Gasteiger partial charge in [-0.1, -0.05) is 0 Å². The number of hydrogen-bond acceptors (Lipinski definition) is 3. The highest BCUT2D eigenvalue weighted by Crippen LogP contribution is 2.00. The number of ketones is 1. The number of hydrogen-bond donors (Lipinski definition) is 1. The van der Waals surface area contributed by atoms with Crippen LogP contribution in [0.4, 0.5) is 0 Å². The molecule has 0 fully saturated rings. The summed E-state index contributed by atoms with van der Waals surface area (Å²) in [6.45, 7) is 0.257. The molecule has 0 aromatic heterocycles. The van der Waals surface area contributed by atoms with E-state index in [1.165, 1.54) is 17.1 Å². The van der Waals surface area contributed by atoms with E-state index in [1.807, 2.05) is 0 Å². The molecular weight excluding hydrogens is 172 g/mol.